The molecule has 1 rings (SSSR count). The van der Waals surface area contributed by atoms with E-state index in [2.05, 4.69) is 11.4 Å². The monoisotopic (exact) mass is 274 g/mol. The van der Waals surface area contributed by atoms with E-state index in [0.29, 0.717) is 11.1 Å². The highest BCUT2D eigenvalue weighted by Crippen LogP contribution is 2.19. The van der Waals surface area contributed by atoms with Crippen LogP contribution in [0.25, 0.3) is 0 Å². The first kappa shape index (κ1) is 15.7. The Hall–Kier alpha value is -2.35. The molecule has 20 heavy (non-hydrogen) atoms. The lowest BCUT2D eigenvalue weighted by Gasteiger charge is -2.18. The lowest BCUT2D eigenvalue weighted by atomic mass is 9.94. The minimum atomic E-state index is -1.13. The second-order valence-electron chi connectivity index (χ2n) is 5.43. The lowest BCUT2D eigenvalue weighted by molar-refractivity contribution is 0.0689. The van der Waals surface area contributed by atoms with E-state index >= 15 is 0 Å². The van der Waals surface area contributed by atoms with Gasteiger partial charge in [-0.3, -0.25) is 4.79 Å². The van der Waals surface area contributed by atoms with Crippen molar-refractivity contribution in [3.05, 3.63) is 34.4 Å². The Bertz CT molecular complexity index is 598. The summed E-state index contributed by atoms with van der Waals surface area (Å²) >= 11 is 0. The second-order valence-corrected chi connectivity index (χ2v) is 5.43. The largest absolute Gasteiger partial charge is 0.478 e. The molecular weight excluding hydrogens is 256 g/mol. The van der Waals surface area contributed by atoms with E-state index in [1.807, 2.05) is 0 Å². The number of hydrogen-bond donors (Lipinski definition) is 2. The molecule has 1 amide bonds. The number of nitriles is 1. The van der Waals surface area contributed by atoms with Crippen LogP contribution in [0.5, 0.6) is 0 Å². The molecule has 5 nitrogen and oxygen atoms in total. The number of aromatic carboxylic acids is 1. The van der Waals surface area contributed by atoms with Gasteiger partial charge in [0.1, 0.15) is 0 Å². The third-order valence-corrected chi connectivity index (χ3v) is 3.06. The SMILES string of the molecule is Cc1ccc(C)c(C(=O)NCC(C)(C)C#N)c1C(=O)O. The summed E-state index contributed by atoms with van der Waals surface area (Å²) in [5.41, 5.74) is 0.605. The third-order valence-electron chi connectivity index (χ3n) is 3.06. The average Bonchev–Trinajstić information content (AvgIpc) is 2.38. The second kappa shape index (κ2) is 5.74. The van der Waals surface area contributed by atoms with Gasteiger partial charge in [0.2, 0.25) is 0 Å². The van der Waals surface area contributed by atoms with Crippen molar-refractivity contribution in [3.63, 3.8) is 0 Å². The van der Waals surface area contributed by atoms with Gasteiger partial charge in [0.15, 0.2) is 0 Å². The topological polar surface area (TPSA) is 90.2 Å². The molecule has 0 spiro atoms. The van der Waals surface area contributed by atoms with Crippen molar-refractivity contribution in [2.24, 2.45) is 5.41 Å². The van der Waals surface area contributed by atoms with Crippen molar-refractivity contribution < 1.29 is 14.7 Å². The maximum atomic E-state index is 12.2. The number of carbonyl (C=O) groups is 2. The summed E-state index contributed by atoms with van der Waals surface area (Å²) in [6.07, 6.45) is 0. The Morgan fingerprint density at radius 1 is 1.25 bits per heavy atom. The molecule has 5 heteroatoms. The summed E-state index contributed by atoms with van der Waals surface area (Å²) in [5.74, 6) is -1.59. The summed E-state index contributed by atoms with van der Waals surface area (Å²) in [6.45, 7) is 6.91. The van der Waals surface area contributed by atoms with Crippen LogP contribution in [0.4, 0.5) is 0 Å². The molecule has 1 aromatic carbocycles. The predicted molar refractivity (Wildman–Crippen MR) is 74.6 cm³/mol. The molecule has 0 aliphatic carbocycles. The first-order chi connectivity index (χ1) is 9.19. The van der Waals surface area contributed by atoms with Crippen LogP contribution in [0.1, 0.15) is 45.7 Å². The molecule has 0 radical (unpaired) electrons. The minimum absolute atomic E-state index is 0.0114. The van der Waals surface area contributed by atoms with Crippen LogP contribution < -0.4 is 5.32 Å². The van der Waals surface area contributed by atoms with Gasteiger partial charge in [0.25, 0.3) is 5.91 Å². The molecule has 106 valence electrons. The minimum Gasteiger partial charge on any atom is -0.478 e. The Morgan fingerprint density at radius 2 is 1.75 bits per heavy atom. The summed E-state index contributed by atoms with van der Waals surface area (Å²) in [6, 6.07) is 5.47. The molecular formula is C15H18N2O3. The lowest BCUT2D eigenvalue weighted by Crippen LogP contribution is -2.34. The number of benzene rings is 1. The molecule has 0 aliphatic rings. The van der Waals surface area contributed by atoms with Crippen molar-refractivity contribution >= 4 is 11.9 Å². The summed E-state index contributed by atoms with van der Waals surface area (Å²) in [5, 5.41) is 20.8. The van der Waals surface area contributed by atoms with Gasteiger partial charge in [0.05, 0.1) is 22.6 Å². The number of hydrogen-bond acceptors (Lipinski definition) is 3. The number of nitrogens with one attached hydrogen (secondary N) is 1. The quantitative estimate of drug-likeness (QED) is 0.881. The fraction of sp³-hybridized carbons (Fsp3) is 0.400. The van der Waals surface area contributed by atoms with Crippen LogP contribution in [0, 0.1) is 30.6 Å². The maximum Gasteiger partial charge on any atom is 0.336 e. The molecule has 0 saturated carbocycles. The van der Waals surface area contributed by atoms with Gasteiger partial charge < -0.3 is 10.4 Å². The molecule has 0 heterocycles. The predicted octanol–water partition coefficient (Wildman–Crippen LogP) is 2.28. The van der Waals surface area contributed by atoms with E-state index in [1.165, 1.54) is 0 Å². The smallest absolute Gasteiger partial charge is 0.336 e. The number of amides is 1. The van der Waals surface area contributed by atoms with E-state index in [0.717, 1.165) is 0 Å². The van der Waals surface area contributed by atoms with E-state index in [4.69, 9.17) is 5.26 Å². The Labute approximate surface area is 118 Å². The number of carboxylic acids is 1. The Morgan fingerprint density at radius 3 is 2.20 bits per heavy atom. The Balaban J connectivity index is 3.14. The number of carboxylic acid groups (broad SMARTS) is 1. The zero-order valence-corrected chi connectivity index (χ0v) is 12.1. The van der Waals surface area contributed by atoms with Gasteiger partial charge >= 0.3 is 5.97 Å². The number of nitrogens with zero attached hydrogens (tertiary/aromatic N) is 1. The molecule has 0 saturated heterocycles. The van der Waals surface area contributed by atoms with Gasteiger partial charge in [-0.15, -0.1) is 0 Å². The van der Waals surface area contributed by atoms with Gasteiger partial charge in [-0.05, 0) is 38.8 Å². The first-order valence-corrected chi connectivity index (χ1v) is 6.22. The van der Waals surface area contributed by atoms with E-state index in [9.17, 15) is 14.7 Å². The van der Waals surface area contributed by atoms with Crippen LogP contribution in [0.2, 0.25) is 0 Å². The van der Waals surface area contributed by atoms with Crippen LogP contribution in [0.15, 0.2) is 12.1 Å². The third kappa shape index (κ3) is 3.35. The van der Waals surface area contributed by atoms with Crippen LogP contribution in [-0.4, -0.2) is 23.5 Å². The highest BCUT2D eigenvalue weighted by Gasteiger charge is 2.23. The zero-order chi connectivity index (χ0) is 15.5. The maximum absolute atomic E-state index is 12.2. The van der Waals surface area contributed by atoms with Crippen molar-refractivity contribution in [2.45, 2.75) is 27.7 Å². The fourth-order valence-corrected chi connectivity index (χ4v) is 1.81. The molecule has 0 fully saturated rings. The van der Waals surface area contributed by atoms with Gasteiger partial charge in [-0.1, -0.05) is 12.1 Å². The fourth-order valence-electron chi connectivity index (χ4n) is 1.81. The van der Waals surface area contributed by atoms with Crippen LogP contribution in [-0.2, 0) is 0 Å². The van der Waals surface area contributed by atoms with Gasteiger partial charge in [-0.25, -0.2) is 4.79 Å². The standard InChI is InChI=1S/C15H18N2O3/c1-9-5-6-10(2)12(14(19)20)11(9)13(18)17-8-15(3,4)7-16/h5-6H,8H2,1-4H3,(H,17,18)(H,19,20). The molecule has 0 aromatic heterocycles. The average molecular weight is 274 g/mol. The molecule has 0 bridgehead atoms. The van der Waals surface area contributed by atoms with Crippen LogP contribution in [0.3, 0.4) is 0 Å². The normalized spacial score (nSPS) is 10.8. The highest BCUT2D eigenvalue weighted by atomic mass is 16.4. The van der Waals surface area contributed by atoms with Crippen molar-refractivity contribution in [3.8, 4) is 6.07 Å². The highest BCUT2D eigenvalue weighted by molar-refractivity contribution is 6.06. The van der Waals surface area contributed by atoms with Crippen molar-refractivity contribution in [1.29, 1.82) is 5.26 Å². The number of aryl methyl sites for hydroxylation is 2. The van der Waals surface area contributed by atoms with Crippen LogP contribution >= 0.6 is 0 Å². The summed E-state index contributed by atoms with van der Waals surface area (Å²) in [4.78, 5) is 23.5. The number of carbonyl (C=O) groups excluding carboxylic acids is 1. The number of rotatable bonds is 4. The zero-order valence-electron chi connectivity index (χ0n) is 12.1. The summed E-state index contributed by atoms with van der Waals surface area (Å²) < 4.78 is 0. The van der Waals surface area contributed by atoms with E-state index < -0.39 is 17.3 Å². The van der Waals surface area contributed by atoms with E-state index in [1.54, 1.807) is 39.8 Å². The van der Waals surface area contributed by atoms with E-state index in [-0.39, 0.29) is 17.7 Å². The molecule has 0 unspecified atom stereocenters. The van der Waals surface area contributed by atoms with Crippen molar-refractivity contribution in [1.82, 2.24) is 5.32 Å². The molecule has 2 N–H and O–H groups in total. The molecule has 0 atom stereocenters. The van der Waals surface area contributed by atoms with Gasteiger partial charge in [-0.2, -0.15) is 5.26 Å². The first-order valence-electron chi connectivity index (χ1n) is 6.22. The molecule has 0 aliphatic heterocycles. The Kier molecular flexibility index (Phi) is 4.51. The summed E-state index contributed by atoms with van der Waals surface area (Å²) in [7, 11) is 0. The van der Waals surface area contributed by atoms with Crippen molar-refractivity contribution in [2.75, 3.05) is 6.54 Å². The van der Waals surface area contributed by atoms with Gasteiger partial charge in [0, 0.05) is 6.54 Å². The molecule has 1 aromatic rings.